The van der Waals surface area contributed by atoms with Crippen LogP contribution >= 0.6 is 0 Å². The summed E-state index contributed by atoms with van der Waals surface area (Å²) in [7, 11) is 0. The van der Waals surface area contributed by atoms with Gasteiger partial charge in [0, 0.05) is 23.2 Å². The van der Waals surface area contributed by atoms with Crippen LogP contribution in [0.1, 0.15) is 31.2 Å². The van der Waals surface area contributed by atoms with Gasteiger partial charge in [0.15, 0.2) is 11.6 Å². The van der Waals surface area contributed by atoms with Gasteiger partial charge in [0.2, 0.25) is 0 Å². The molecule has 2 aliphatic rings. The largest absolute Gasteiger partial charge is 0.481 e. The van der Waals surface area contributed by atoms with Crippen LogP contribution in [-0.2, 0) is 4.79 Å². The zero-order valence-corrected chi connectivity index (χ0v) is 14.4. The van der Waals surface area contributed by atoms with Gasteiger partial charge in [-0.05, 0) is 25.3 Å². The molecule has 0 amide bonds. The van der Waals surface area contributed by atoms with Crippen LogP contribution in [-0.4, -0.2) is 39.5 Å². The van der Waals surface area contributed by atoms with Gasteiger partial charge in [-0.25, -0.2) is 18.8 Å². The molecule has 142 valence electrons. The molecule has 0 unspecified atom stereocenters. The molecule has 1 fully saturated rings. The van der Waals surface area contributed by atoms with Gasteiger partial charge in [-0.1, -0.05) is 6.42 Å². The summed E-state index contributed by atoms with van der Waals surface area (Å²) in [5.41, 5.74) is 1.10. The molecule has 9 heteroatoms. The number of nitrogens with zero attached hydrogens (tertiary/aromatic N) is 2. The number of pyridine rings is 1. The fourth-order valence-corrected chi connectivity index (χ4v) is 3.64. The maximum atomic E-state index is 14.3. The van der Waals surface area contributed by atoms with E-state index in [1.807, 2.05) is 0 Å². The molecule has 1 saturated carbocycles. The van der Waals surface area contributed by atoms with Crippen molar-refractivity contribution in [1.82, 2.24) is 20.6 Å². The monoisotopic (exact) mass is 375 g/mol. The first-order valence-electron chi connectivity index (χ1n) is 8.85. The van der Waals surface area contributed by atoms with Gasteiger partial charge in [-0.15, -0.1) is 0 Å². The summed E-state index contributed by atoms with van der Waals surface area (Å²) in [6.07, 6.45) is 5.37. The number of hydrogen-bond acceptors (Lipinski definition) is 5. The van der Waals surface area contributed by atoms with Crippen LogP contribution in [0, 0.1) is 11.7 Å². The van der Waals surface area contributed by atoms with Crippen molar-refractivity contribution >= 4 is 22.8 Å². The van der Waals surface area contributed by atoms with Crippen LogP contribution in [0.4, 0.5) is 8.78 Å². The zero-order valence-electron chi connectivity index (χ0n) is 14.4. The lowest BCUT2D eigenvalue weighted by atomic mass is 9.86. The van der Waals surface area contributed by atoms with Gasteiger partial charge in [-0.3, -0.25) is 4.79 Å². The Kier molecular flexibility index (Phi) is 4.51. The van der Waals surface area contributed by atoms with Gasteiger partial charge in [0.25, 0.3) is 0 Å². The number of aliphatic imine (C=N–C) groups is 1. The average molecular weight is 375 g/mol. The fraction of sp³-hybridized carbons (Fsp3) is 0.389. The Labute approximate surface area is 153 Å². The first-order valence-corrected chi connectivity index (χ1v) is 8.85. The smallest absolute Gasteiger partial charge is 0.306 e. The molecule has 1 aliphatic carbocycles. The van der Waals surface area contributed by atoms with Crippen molar-refractivity contribution in [2.45, 2.75) is 31.7 Å². The lowest BCUT2D eigenvalue weighted by molar-refractivity contribution is -0.143. The summed E-state index contributed by atoms with van der Waals surface area (Å²) < 4.78 is 27.8. The molecule has 0 radical (unpaired) electrons. The Bertz CT molecular complexity index is 952. The molecule has 7 nitrogen and oxygen atoms in total. The quantitative estimate of drug-likeness (QED) is 0.657. The highest BCUT2D eigenvalue weighted by Gasteiger charge is 2.28. The molecule has 0 bridgehead atoms. The van der Waals surface area contributed by atoms with Gasteiger partial charge in [0.05, 0.1) is 18.7 Å². The number of fused-ring (bicyclic) bond motifs is 1. The first kappa shape index (κ1) is 17.4. The number of aliphatic carboxylic acids is 1. The van der Waals surface area contributed by atoms with E-state index < -0.39 is 23.5 Å². The number of nitrogens with one attached hydrogen (secondary N) is 3. The Morgan fingerprint density at radius 1 is 1.33 bits per heavy atom. The third-order valence-electron chi connectivity index (χ3n) is 5.01. The van der Waals surface area contributed by atoms with Crippen molar-refractivity contribution in [1.29, 1.82) is 0 Å². The van der Waals surface area contributed by atoms with Crippen molar-refractivity contribution < 1.29 is 18.7 Å². The fourth-order valence-electron chi connectivity index (χ4n) is 3.64. The number of aromatic amines is 1. The normalized spacial score (nSPS) is 23.1. The van der Waals surface area contributed by atoms with E-state index in [1.54, 1.807) is 6.20 Å². The van der Waals surface area contributed by atoms with Crippen LogP contribution < -0.4 is 10.6 Å². The highest BCUT2D eigenvalue weighted by molar-refractivity contribution is 6.09. The average Bonchev–Trinajstić information content (AvgIpc) is 3.07. The van der Waals surface area contributed by atoms with Gasteiger partial charge in [0.1, 0.15) is 17.3 Å². The molecule has 0 saturated heterocycles. The molecule has 2 atom stereocenters. The van der Waals surface area contributed by atoms with E-state index in [2.05, 4.69) is 25.6 Å². The molecule has 1 aliphatic heterocycles. The predicted octanol–water partition coefficient (Wildman–Crippen LogP) is 2.42. The maximum absolute atomic E-state index is 14.3. The third kappa shape index (κ3) is 3.49. The number of hydrogen-bond donors (Lipinski definition) is 4. The van der Waals surface area contributed by atoms with E-state index in [0.29, 0.717) is 35.3 Å². The van der Waals surface area contributed by atoms with E-state index in [4.69, 9.17) is 0 Å². The molecule has 4 rings (SSSR count). The Morgan fingerprint density at radius 2 is 2.19 bits per heavy atom. The minimum absolute atomic E-state index is 0.0499. The summed E-state index contributed by atoms with van der Waals surface area (Å²) in [5, 5.41) is 15.7. The Hall–Kier alpha value is -2.97. The van der Waals surface area contributed by atoms with E-state index in [0.717, 1.165) is 19.0 Å². The van der Waals surface area contributed by atoms with Crippen LogP contribution in [0.15, 0.2) is 35.1 Å². The second-order valence-electron chi connectivity index (χ2n) is 6.86. The summed E-state index contributed by atoms with van der Waals surface area (Å²) in [4.78, 5) is 22.5. The highest BCUT2D eigenvalue weighted by Crippen LogP contribution is 2.26. The van der Waals surface area contributed by atoms with Crippen molar-refractivity contribution in [2.24, 2.45) is 10.9 Å². The maximum Gasteiger partial charge on any atom is 0.306 e. The van der Waals surface area contributed by atoms with Crippen molar-refractivity contribution in [3.05, 3.63) is 41.5 Å². The summed E-state index contributed by atoms with van der Waals surface area (Å²) >= 11 is 0. The van der Waals surface area contributed by atoms with Crippen LogP contribution in [0.25, 0.3) is 11.0 Å². The number of rotatable bonds is 4. The number of carbonyl (C=O) groups is 1. The molecule has 4 N–H and O–H groups in total. The molecule has 27 heavy (non-hydrogen) atoms. The zero-order chi connectivity index (χ0) is 19.0. The lowest BCUT2D eigenvalue weighted by Gasteiger charge is -2.29. The number of halogens is 2. The standard InChI is InChI=1S/C18H19F2N5O2/c19-10-5-12-13(7-22-15(12)21-6-10)16-23-8-14(20)17(25-16)24-11-3-1-2-9(4-11)18(26)27/h5-7,9,11,24H,1-4,8H2,(H,21,22)(H,23,25)(H,26,27)/t9-,11+/m1/s1. The predicted molar refractivity (Wildman–Crippen MR) is 95.2 cm³/mol. The van der Waals surface area contributed by atoms with Crippen LogP contribution in [0.5, 0.6) is 0 Å². The van der Waals surface area contributed by atoms with E-state index in [9.17, 15) is 18.7 Å². The molecule has 0 aromatic carbocycles. The number of H-pyrrole nitrogens is 1. The van der Waals surface area contributed by atoms with E-state index in [1.165, 1.54) is 6.07 Å². The second-order valence-corrected chi connectivity index (χ2v) is 6.86. The summed E-state index contributed by atoms with van der Waals surface area (Å²) in [6, 6.07) is 1.20. The molecular formula is C18H19F2N5O2. The minimum atomic E-state index is -0.821. The second kappa shape index (κ2) is 6.98. The van der Waals surface area contributed by atoms with Crippen molar-refractivity contribution in [3.63, 3.8) is 0 Å². The molecule has 0 spiro atoms. The lowest BCUT2D eigenvalue weighted by Crippen LogP contribution is -2.39. The minimum Gasteiger partial charge on any atom is -0.481 e. The topological polar surface area (TPSA) is 102 Å². The van der Waals surface area contributed by atoms with E-state index in [-0.39, 0.29) is 18.4 Å². The number of carboxylic acid groups (broad SMARTS) is 1. The van der Waals surface area contributed by atoms with Gasteiger partial charge in [-0.2, -0.15) is 0 Å². The highest BCUT2D eigenvalue weighted by atomic mass is 19.1. The Balaban J connectivity index is 1.59. The first-order chi connectivity index (χ1) is 13.0. The third-order valence-corrected chi connectivity index (χ3v) is 5.01. The number of carboxylic acids is 1. The molecule has 3 heterocycles. The molecule has 2 aromatic heterocycles. The van der Waals surface area contributed by atoms with Crippen LogP contribution in [0.2, 0.25) is 0 Å². The van der Waals surface area contributed by atoms with Gasteiger partial charge >= 0.3 is 5.97 Å². The summed E-state index contributed by atoms with van der Waals surface area (Å²) in [6.45, 7) is -0.0499. The SMILES string of the molecule is O=C(O)[C@@H]1CCC[C@H](NC2=C(F)CNC(c3c[nH]c4ncc(F)cc34)=N2)C1. The number of amidine groups is 1. The molecule has 2 aromatic rings. The summed E-state index contributed by atoms with van der Waals surface area (Å²) in [5.74, 6) is -1.66. The molecular weight excluding hydrogens is 356 g/mol. The van der Waals surface area contributed by atoms with Gasteiger partial charge < -0.3 is 20.7 Å². The van der Waals surface area contributed by atoms with E-state index >= 15 is 0 Å². The number of aromatic nitrogens is 2. The van der Waals surface area contributed by atoms with Crippen molar-refractivity contribution in [3.8, 4) is 0 Å². The Morgan fingerprint density at radius 3 is 3.00 bits per heavy atom. The van der Waals surface area contributed by atoms with Crippen molar-refractivity contribution in [2.75, 3.05) is 6.54 Å². The van der Waals surface area contributed by atoms with Crippen LogP contribution in [0.3, 0.4) is 0 Å².